The van der Waals surface area contributed by atoms with Crippen LogP contribution in [0.3, 0.4) is 0 Å². The van der Waals surface area contributed by atoms with Gasteiger partial charge in [0.15, 0.2) is 0 Å². The van der Waals surface area contributed by atoms with Crippen molar-refractivity contribution >= 4 is 46.9 Å². The molecule has 1 amide bonds. The third-order valence-corrected chi connectivity index (χ3v) is 4.81. The Morgan fingerprint density at radius 2 is 1.93 bits per heavy atom. The Morgan fingerprint density at radius 1 is 1.14 bits per heavy atom. The molecule has 0 atom stereocenters. The number of hydrogen-bond donors (Lipinski definition) is 1. The molecular weight excluding hydrogens is 411 g/mol. The minimum atomic E-state index is -0.333. The van der Waals surface area contributed by atoms with E-state index in [9.17, 15) is 4.79 Å². The first kappa shape index (κ1) is 19.2. The van der Waals surface area contributed by atoms with E-state index in [2.05, 4.69) is 15.4 Å². The molecule has 0 bridgehead atoms. The van der Waals surface area contributed by atoms with E-state index in [-0.39, 0.29) is 5.91 Å². The third kappa shape index (κ3) is 4.34. The van der Waals surface area contributed by atoms with Gasteiger partial charge in [-0.05, 0) is 42.0 Å². The predicted octanol–water partition coefficient (Wildman–Crippen LogP) is 4.61. The Balaban J connectivity index is 1.65. The van der Waals surface area contributed by atoms with Gasteiger partial charge in [-0.3, -0.25) is 4.79 Å². The zero-order valence-corrected chi connectivity index (χ0v) is 16.7. The van der Waals surface area contributed by atoms with Crippen molar-refractivity contribution < 1.29 is 9.53 Å². The first-order valence-electron chi connectivity index (χ1n) is 8.87. The third-order valence-electron chi connectivity index (χ3n) is 4.22. The number of anilines is 1. The Labute approximate surface area is 177 Å². The normalized spacial score (nSPS) is 13.4. The molecule has 0 unspecified atom stereocenters. The average molecular weight is 427 g/mol. The van der Waals surface area contributed by atoms with Crippen LogP contribution in [0.25, 0.3) is 11.8 Å². The van der Waals surface area contributed by atoms with Gasteiger partial charge in [-0.2, -0.15) is 5.10 Å². The van der Waals surface area contributed by atoms with Crippen molar-refractivity contribution in [3.8, 4) is 5.69 Å². The van der Waals surface area contributed by atoms with Crippen molar-refractivity contribution in [1.82, 2.24) is 9.78 Å². The highest BCUT2D eigenvalue weighted by Crippen LogP contribution is 2.24. The van der Waals surface area contributed by atoms with Gasteiger partial charge in [-0.1, -0.05) is 41.4 Å². The van der Waals surface area contributed by atoms with Gasteiger partial charge in [-0.15, -0.1) is 0 Å². The van der Waals surface area contributed by atoms with E-state index in [1.165, 1.54) is 6.08 Å². The molecule has 8 heteroatoms. The van der Waals surface area contributed by atoms with Crippen LogP contribution in [0.2, 0.25) is 10.0 Å². The fourth-order valence-electron chi connectivity index (χ4n) is 2.84. The summed E-state index contributed by atoms with van der Waals surface area (Å²) in [5.41, 5.74) is 2.10. The molecule has 1 aliphatic heterocycles. The van der Waals surface area contributed by atoms with Gasteiger partial charge in [0.25, 0.3) is 0 Å². The summed E-state index contributed by atoms with van der Waals surface area (Å²) in [6, 6.07) is 14.4. The predicted molar refractivity (Wildman–Crippen MR) is 115 cm³/mol. The van der Waals surface area contributed by atoms with E-state index < -0.39 is 0 Å². The first-order valence-corrected chi connectivity index (χ1v) is 9.62. The SMILES string of the molecule is O=C(/C=C/c1ccccc1Cl)Nc1c(C2=NCCO2)cnn1-c1ccc(Cl)cc1. The number of rotatable bonds is 5. The standard InChI is InChI=1S/C21H16Cl2N4O2/c22-15-6-8-16(9-7-15)27-20(17(13-25-27)21-24-11-12-29-21)26-19(28)10-5-14-3-1-2-4-18(14)23/h1-10,13H,11-12H2,(H,26,28)/b10-5+. The maximum atomic E-state index is 12.6. The van der Waals surface area contributed by atoms with Crippen molar-refractivity contribution in [1.29, 1.82) is 0 Å². The lowest BCUT2D eigenvalue weighted by Crippen LogP contribution is -2.15. The zero-order valence-electron chi connectivity index (χ0n) is 15.2. The molecule has 1 N–H and O–H groups in total. The Hall–Kier alpha value is -3.09. The molecule has 3 aromatic rings. The lowest BCUT2D eigenvalue weighted by Gasteiger charge is -2.10. The molecule has 6 nitrogen and oxygen atoms in total. The highest BCUT2D eigenvalue weighted by Gasteiger charge is 2.21. The summed E-state index contributed by atoms with van der Waals surface area (Å²) in [4.78, 5) is 16.9. The highest BCUT2D eigenvalue weighted by atomic mass is 35.5. The number of hydrogen-bond acceptors (Lipinski definition) is 4. The fourth-order valence-corrected chi connectivity index (χ4v) is 3.16. The highest BCUT2D eigenvalue weighted by molar-refractivity contribution is 6.32. The number of nitrogens with zero attached hydrogens (tertiary/aromatic N) is 3. The van der Waals surface area contributed by atoms with Crippen LogP contribution in [0.1, 0.15) is 11.1 Å². The molecule has 2 heterocycles. The van der Waals surface area contributed by atoms with E-state index in [0.717, 1.165) is 11.3 Å². The molecule has 0 fully saturated rings. The molecule has 1 aromatic heterocycles. The quantitative estimate of drug-likeness (QED) is 0.605. The summed E-state index contributed by atoms with van der Waals surface area (Å²) in [7, 11) is 0. The van der Waals surface area contributed by atoms with E-state index in [4.69, 9.17) is 27.9 Å². The van der Waals surface area contributed by atoms with Crippen LogP contribution in [0.5, 0.6) is 0 Å². The molecule has 0 aliphatic carbocycles. The van der Waals surface area contributed by atoms with Crippen LogP contribution in [0.4, 0.5) is 5.82 Å². The summed E-state index contributed by atoms with van der Waals surface area (Å²) in [5.74, 6) is 0.581. The number of carbonyl (C=O) groups is 1. The lowest BCUT2D eigenvalue weighted by atomic mass is 10.2. The summed E-state index contributed by atoms with van der Waals surface area (Å²) in [6.07, 6.45) is 4.69. The second-order valence-corrected chi connectivity index (χ2v) is 7.02. The lowest BCUT2D eigenvalue weighted by molar-refractivity contribution is -0.111. The van der Waals surface area contributed by atoms with Gasteiger partial charge in [0.05, 0.1) is 24.0 Å². The second-order valence-electron chi connectivity index (χ2n) is 6.17. The maximum absolute atomic E-state index is 12.6. The van der Waals surface area contributed by atoms with Gasteiger partial charge in [-0.25, -0.2) is 9.67 Å². The zero-order chi connectivity index (χ0) is 20.2. The van der Waals surface area contributed by atoms with E-state index in [0.29, 0.717) is 40.5 Å². The van der Waals surface area contributed by atoms with E-state index in [1.54, 1.807) is 35.2 Å². The molecule has 0 saturated heterocycles. The number of nitrogens with one attached hydrogen (secondary N) is 1. The van der Waals surface area contributed by atoms with Crippen LogP contribution in [-0.4, -0.2) is 34.7 Å². The molecule has 2 aromatic carbocycles. The van der Waals surface area contributed by atoms with Gasteiger partial charge in [0, 0.05) is 16.1 Å². The van der Waals surface area contributed by atoms with Crippen molar-refractivity contribution in [3.63, 3.8) is 0 Å². The summed E-state index contributed by atoms with van der Waals surface area (Å²) in [6.45, 7) is 1.07. The number of aromatic nitrogens is 2. The van der Waals surface area contributed by atoms with Crippen molar-refractivity contribution in [3.05, 3.63) is 82.0 Å². The van der Waals surface area contributed by atoms with E-state index >= 15 is 0 Å². The fraction of sp³-hybridized carbons (Fsp3) is 0.0952. The van der Waals surface area contributed by atoms with Crippen molar-refractivity contribution in [2.75, 3.05) is 18.5 Å². The van der Waals surface area contributed by atoms with Crippen molar-refractivity contribution in [2.45, 2.75) is 0 Å². The Bertz CT molecular complexity index is 1100. The largest absolute Gasteiger partial charge is 0.475 e. The number of aliphatic imine (C=N–C) groups is 1. The summed E-state index contributed by atoms with van der Waals surface area (Å²) < 4.78 is 7.17. The number of ether oxygens (including phenoxy) is 1. The second kappa shape index (κ2) is 8.51. The van der Waals surface area contributed by atoms with Crippen molar-refractivity contribution in [2.24, 2.45) is 4.99 Å². The smallest absolute Gasteiger partial charge is 0.249 e. The summed E-state index contributed by atoms with van der Waals surface area (Å²) >= 11 is 12.1. The van der Waals surface area contributed by atoms with Crippen LogP contribution in [-0.2, 0) is 9.53 Å². The van der Waals surface area contributed by atoms with Crippen LogP contribution >= 0.6 is 23.2 Å². The van der Waals surface area contributed by atoms with Gasteiger partial charge < -0.3 is 10.1 Å². The molecule has 1 aliphatic rings. The topological polar surface area (TPSA) is 68.5 Å². The minimum absolute atomic E-state index is 0.333. The minimum Gasteiger partial charge on any atom is -0.475 e. The maximum Gasteiger partial charge on any atom is 0.249 e. The molecule has 0 saturated carbocycles. The monoisotopic (exact) mass is 426 g/mol. The first-order chi connectivity index (χ1) is 14.1. The number of amides is 1. The number of carbonyl (C=O) groups excluding carboxylic acids is 1. The number of benzene rings is 2. The Kier molecular flexibility index (Phi) is 5.64. The molecule has 4 rings (SSSR count). The van der Waals surface area contributed by atoms with Gasteiger partial charge in [0.1, 0.15) is 12.4 Å². The van der Waals surface area contributed by atoms with Gasteiger partial charge in [0.2, 0.25) is 11.8 Å². The molecular formula is C21H16Cl2N4O2. The number of halogens is 2. The molecule has 146 valence electrons. The average Bonchev–Trinajstić information content (AvgIpc) is 3.38. The van der Waals surface area contributed by atoms with Gasteiger partial charge >= 0.3 is 0 Å². The van der Waals surface area contributed by atoms with Crippen LogP contribution in [0, 0.1) is 0 Å². The Morgan fingerprint density at radius 3 is 2.66 bits per heavy atom. The molecule has 0 radical (unpaired) electrons. The van der Waals surface area contributed by atoms with Crippen LogP contribution in [0.15, 0.2) is 65.8 Å². The van der Waals surface area contributed by atoms with Crippen LogP contribution < -0.4 is 5.32 Å². The molecule has 29 heavy (non-hydrogen) atoms. The summed E-state index contributed by atoms with van der Waals surface area (Å²) in [5, 5.41) is 8.45. The van der Waals surface area contributed by atoms with E-state index in [1.807, 2.05) is 30.3 Å². The molecule has 0 spiro atoms.